The molecule has 1 heterocycles. The van der Waals surface area contributed by atoms with Crippen molar-refractivity contribution >= 4 is 23.6 Å². The van der Waals surface area contributed by atoms with E-state index in [0.717, 1.165) is 13.0 Å². The number of anilines is 1. The van der Waals surface area contributed by atoms with Crippen molar-refractivity contribution < 1.29 is 45.4 Å². The molecule has 0 bridgehead atoms. The van der Waals surface area contributed by atoms with Gasteiger partial charge in [0.2, 0.25) is 11.8 Å². The molecule has 0 aromatic heterocycles. The number of carboxylic acids is 1. The van der Waals surface area contributed by atoms with Crippen LogP contribution in [0.5, 0.6) is 5.75 Å². The van der Waals surface area contributed by atoms with Gasteiger partial charge in [-0.2, -0.15) is 13.2 Å². The highest BCUT2D eigenvalue weighted by Crippen LogP contribution is 2.47. The maximum absolute atomic E-state index is 13.9. The van der Waals surface area contributed by atoms with Gasteiger partial charge >= 0.3 is 12.1 Å². The van der Waals surface area contributed by atoms with E-state index in [2.05, 4.69) is 0 Å². The predicted octanol–water partition coefficient (Wildman–Crippen LogP) is 7.58. The van der Waals surface area contributed by atoms with E-state index in [-0.39, 0.29) is 38.1 Å². The minimum atomic E-state index is -4.73. The molecule has 0 saturated heterocycles. The average molecular weight is 577 g/mol. The summed E-state index contributed by atoms with van der Waals surface area (Å²) < 4.78 is 99.2. The topological polar surface area (TPSA) is 53.0 Å². The highest BCUT2D eigenvalue weighted by molar-refractivity contribution is 7.97. The van der Waals surface area contributed by atoms with Gasteiger partial charge in [-0.05, 0) is 64.7 Å². The van der Waals surface area contributed by atoms with Gasteiger partial charge < -0.3 is 14.7 Å². The van der Waals surface area contributed by atoms with Gasteiger partial charge in [-0.3, -0.25) is 4.79 Å². The van der Waals surface area contributed by atoms with E-state index in [1.807, 2.05) is 4.31 Å². The molecular formula is C25H35F7N2O3S. The van der Waals surface area contributed by atoms with Crippen LogP contribution in [0.15, 0.2) is 17.0 Å². The molecule has 0 amide bonds. The minimum absolute atomic E-state index is 0.0625. The van der Waals surface area contributed by atoms with Crippen LogP contribution in [0.4, 0.5) is 36.4 Å². The van der Waals surface area contributed by atoms with Crippen LogP contribution in [-0.2, 0) is 11.0 Å². The summed E-state index contributed by atoms with van der Waals surface area (Å²) in [5.41, 5.74) is -2.04. The number of fused-ring (bicyclic) bond motifs is 1. The average Bonchev–Trinajstić information content (AvgIpc) is 2.94. The summed E-state index contributed by atoms with van der Waals surface area (Å²) in [4.78, 5) is 13.7. The standard InChI is InChI=1S/C21H27F5N2O3S.C4H8F2/c1-19(2,18(29)30)12-31-16-11-17-15(10-14(16)21(24,25)26)28(9-8-27(3)32-17)13-4-6-20(22,23)7-5-13;1-3-4(2,5)6/h10-11,13H,4-9,12H2,1-3H3,(H,29,30);3H2,1-2H3. The molecule has 13 heteroatoms. The van der Waals surface area contributed by atoms with E-state index in [9.17, 15) is 40.6 Å². The molecule has 0 atom stereocenters. The highest BCUT2D eigenvalue weighted by Gasteiger charge is 2.41. The van der Waals surface area contributed by atoms with Crippen molar-refractivity contribution in [1.29, 1.82) is 0 Å². The predicted molar refractivity (Wildman–Crippen MR) is 132 cm³/mol. The van der Waals surface area contributed by atoms with E-state index in [1.54, 1.807) is 11.9 Å². The Balaban J connectivity index is 0.000000757. The number of alkyl halides is 7. The molecule has 1 aromatic rings. The SMILES string of the molecule is CCC(C)(F)F.CN1CCN(C2CCC(F)(F)CC2)c2cc(C(F)(F)F)c(OCC(C)(C)C(=O)O)cc2S1. The first-order valence-electron chi connectivity index (χ1n) is 12.3. The third kappa shape index (κ3) is 9.10. The van der Waals surface area contributed by atoms with Gasteiger partial charge in [0.05, 0.1) is 21.6 Å². The van der Waals surface area contributed by atoms with E-state index in [0.29, 0.717) is 23.7 Å². The summed E-state index contributed by atoms with van der Waals surface area (Å²) in [6.45, 7) is 5.62. The molecule has 0 radical (unpaired) electrons. The van der Waals surface area contributed by atoms with Crippen molar-refractivity contribution in [3.63, 3.8) is 0 Å². The van der Waals surface area contributed by atoms with Crippen LogP contribution in [0, 0.1) is 5.41 Å². The van der Waals surface area contributed by atoms with Gasteiger partial charge in [0.15, 0.2) is 0 Å². The first-order valence-corrected chi connectivity index (χ1v) is 13.1. The number of hydrogen-bond donors (Lipinski definition) is 1. The summed E-state index contributed by atoms with van der Waals surface area (Å²) >= 11 is 1.25. The molecule has 1 aliphatic carbocycles. The maximum atomic E-state index is 13.9. The first-order chi connectivity index (χ1) is 17.3. The quantitative estimate of drug-likeness (QED) is 0.278. The Labute approximate surface area is 222 Å². The van der Waals surface area contributed by atoms with Crippen molar-refractivity contribution in [2.45, 2.75) is 88.8 Å². The van der Waals surface area contributed by atoms with Crippen molar-refractivity contribution in [3.8, 4) is 5.75 Å². The molecule has 0 unspecified atom stereocenters. The zero-order valence-corrected chi connectivity index (χ0v) is 22.9. The van der Waals surface area contributed by atoms with Crippen molar-refractivity contribution in [2.24, 2.45) is 5.41 Å². The van der Waals surface area contributed by atoms with Crippen molar-refractivity contribution in [3.05, 3.63) is 17.7 Å². The zero-order chi connectivity index (χ0) is 29.1. The number of carbonyl (C=O) groups is 1. The van der Waals surface area contributed by atoms with Crippen LogP contribution in [0.3, 0.4) is 0 Å². The molecule has 0 spiro atoms. The lowest BCUT2D eigenvalue weighted by Gasteiger charge is -2.38. The number of benzene rings is 1. The third-order valence-corrected chi connectivity index (χ3v) is 7.52. The number of halogens is 7. The van der Waals surface area contributed by atoms with E-state index in [4.69, 9.17) is 4.74 Å². The number of likely N-dealkylation sites (N-methyl/N-ethyl adjacent to an activating group) is 1. The second kappa shape index (κ2) is 12.1. The van der Waals surface area contributed by atoms with Gasteiger partial charge in [0.25, 0.3) is 0 Å². The summed E-state index contributed by atoms with van der Waals surface area (Å²) in [6, 6.07) is 2.02. The Morgan fingerprint density at radius 1 is 1.11 bits per heavy atom. The summed E-state index contributed by atoms with van der Waals surface area (Å²) in [6.07, 6.45) is -4.96. The highest BCUT2D eigenvalue weighted by atomic mass is 32.2. The largest absolute Gasteiger partial charge is 0.492 e. The van der Waals surface area contributed by atoms with E-state index in [1.165, 1.54) is 38.8 Å². The molecule has 1 aliphatic heterocycles. The molecule has 1 N–H and O–H groups in total. The van der Waals surface area contributed by atoms with Crippen LogP contribution >= 0.6 is 11.9 Å². The van der Waals surface area contributed by atoms with E-state index < -0.39 is 47.3 Å². The molecule has 3 rings (SSSR count). The monoisotopic (exact) mass is 576 g/mol. The lowest BCUT2D eigenvalue weighted by Crippen LogP contribution is -2.43. The zero-order valence-electron chi connectivity index (χ0n) is 22.1. The fourth-order valence-corrected chi connectivity index (χ4v) is 4.74. The van der Waals surface area contributed by atoms with Crippen LogP contribution in [0.2, 0.25) is 0 Å². The molecule has 218 valence electrons. The Kier molecular flexibility index (Phi) is 10.3. The summed E-state index contributed by atoms with van der Waals surface area (Å²) in [5.74, 6) is -6.82. The van der Waals surface area contributed by atoms with Crippen LogP contribution < -0.4 is 9.64 Å². The minimum Gasteiger partial charge on any atom is -0.492 e. The number of rotatable bonds is 6. The molecular weight excluding hydrogens is 541 g/mol. The smallest absolute Gasteiger partial charge is 0.420 e. The fraction of sp³-hybridized carbons (Fsp3) is 0.720. The van der Waals surface area contributed by atoms with Gasteiger partial charge in [-0.25, -0.2) is 21.9 Å². The molecule has 1 fully saturated rings. The van der Waals surface area contributed by atoms with Crippen LogP contribution in [0.25, 0.3) is 0 Å². The maximum Gasteiger partial charge on any atom is 0.420 e. The fourth-order valence-electron chi connectivity index (χ4n) is 3.81. The Morgan fingerprint density at radius 2 is 1.66 bits per heavy atom. The van der Waals surface area contributed by atoms with E-state index >= 15 is 0 Å². The van der Waals surface area contributed by atoms with Crippen LogP contribution in [-0.4, -0.2) is 60.0 Å². The number of carboxylic acid groups (broad SMARTS) is 1. The molecule has 5 nitrogen and oxygen atoms in total. The Morgan fingerprint density at radius 3 is 2.13 bits per heavy atom. The van der Waals surface area contributed by atoms with Gasteiger partial charge in [0.1, 0.15) is 12.4 Å². The Hall–Kier alpha value is -1.89. The first kappa shape index (κ1) is 32.3. The molecule has 38 heavy (non-hydrogen) atoms. The van der Waals surface area contributed by atoms with Gasteiger partial charge in [-0.1, -0.05) is 6.92 Å². The summed E-state index contributed by atoms with van der Waals surface area (Å²) in [5, 5.41) is 9.26. The second-order valence-corrected chi connectivity index (χ2v) is 11.7. The van der Waals surface area contributed by atoms with Gasteiger partial charge in [-0.15, -0.1) is 0 Å². The third-order valence-electron chi connectivity index (χ3n) is 6.50. The molecule has 1 saturated carbocycles. The normalized spacial score (nSPS) is 19.2. The number of aliphatic carboxylic acids is 1. The van der Waals surface area contributed by atoms with Crippen molar-refractivity contribution in [2.75, 3.05) is 31.6 Å². The molecule has 1 aromatic carbocycles. The number of nitrogens with zero attached hydrogens (tertiary/aromatic N) is 2. The molecule has 2 aliphatic rings. The Bertz CT molecular complexity index is 958. The number of hydrogen-bond acceptors (Lipinski definition) is 5. The lowest BCUT2D eigenvalue weighted by molar-refractivity contribution is -0.148. The lowest BCUT2D eigenvalue weighted by atomic mass is 9.90. The van der Waals surface area contributed by atoms with Gasteiger partial charge in [0, 0.05) is 38.4 Å². The van der Waals surface area contributed by atoms with Crippen molar-refractivity contribution in [1.82, 2.24) is 4.31 Å². The number of ether oxygens (including phenoxy) is 1. The van der Waals surface area contributed by atoms with Crippen LogP contribution in [0.1, 0.15) is 65.4 Å². The second-order valence-electron chi connectivity index (χ2n) is 10.4. The summed E-state index contributed by atoms with van der Waals surface area (Å²) in [7, 11) is 1.80.